The van der Waals surface area contributed by atoms with Gasteiger partial charge in [-0.25, -0.2) is 0 Å². The van der Waals surface area contributed by atoms with Crippen molar-refractivity contribution in [2.75, 3.05) is 20.2 Å². The van der Waals surface area contributed by atoms with Crippen LogP contribution >= 0.6 is 0 Å². The van der Waals surface area contributed by atoms with E-state index >= 15 is 0 Å². The monoisotopic (exact) mass is 392 g/mol. The molecule has 29 heavy (non-hydrogen) atoms. The zero-order chi connectivity index (χ0) is 20.4. The second-order valence-electron chi connectivity index (χ2n) is 7.43. The Morgan fingerprint density at radius 1 is 1.28 bits per heavy atom. The molecule has 1 aromatic carbocycles. The molecule has 1 fully saturated rings. The molecule has 0 radical (unpaired) electrons. The molecule has 4 rings (SSSR count). The van der Waals surface area contributed by atoms with E-state index in [1.807, 2.05) is 43.1 Å². The van der Waals surface area contributed by atoms with Gasteiger partial charge in [0.1, 0.15) is 11.5 Å². The lowest BCUT2D eigenvalue weighted by Gasteiger charge is -2.17. The lowest BCUT2D eigenvalue weighted by molar-refractivity contribution is 0.0786. The minimum absolute atomic E-state index is 0.0474. The Hall–Kier alpha value is -3.22. The van der Waals surface area contributed by atoms with Gasteiger partial charge in [0.2, 0.25) is 0 Å². The van der Waals surface area contributed by atoms with E-state index in [4.69, 9.17) is 9.26 Å². The summed E-state index contributed by atoms with van der Waals surface area (Å²) in [4.78, 5) is 23.8. The van der Waals surface area contributed by atoms with Crippen LogP contribution in [0, 0.1) is 19.8 Å². The highest BCUT2D eigenvalue weighted by atomic mass is 16.5. The molecule has 150 valence electrons. The highest BCUT2D eigenvalue weighted by Crippen LogP contribution is 2.26. The van der Waals surface area contributed by atoms with Crippen molar-refractivity contribution in [3.05, 3.63) is 59.4 Å². The van der Waals surface area contributed by atoms with Crippen molar-refractivity contribution in [1.82, 2.24) is 20.0 Å². The third-order valence-corrected chi connectivity index (χ3v) is 5.38. The van der Waals surface area contributed by atoms with Gasteiger partial charge < -0.3 is 14.2 Å². The molecule has 1 amide bonds. The summed E-state index contributed by atoms with van der Waals surface area (Å²) in [5.41, 5.74) is 4.08. The van der Waals surface area contributed by atoms with Crippen LogP contribution in [0.1, 0.15) is 33.9 Å². The van der Waals surface area contributed by atoms with Gasteiger partial charge in [-0.15, -0.1) is 0 Å². The summed E-state index contributed by atoms with van der Waals surface area (Å²) in [5, 5.41) is 3.97. The fourth-order valence-electron chi connectivity index (χ4n) is 3.86. The van der Waals surface area contributed by atoms with E-state index in [0.717, 1.165) is 54.3 Å². The summed E-state index contributed by atoms with van der Waals surface area (Å²) in [5.74, 6) is 1.86. The van der Waals surface area contributed by atoms with Crippen LogP contribution in [0.5, 0.6) is 5.75 Å². The van der Waals surface area contributed by atoms with E-state index in [-0.39, 0.29) is 5.91 Å². The van der Waals surface area contributed by atoms with Crippen LogP contribution in [-0.2, 0) is 6.42 Å². The molecule has 3 aromatic rings. The topological polar surface area (TPSA) is 81.4 Å². The number of ether oxygens (including phenoxy) is 1. The summed E-state index contributed by atoms with van der Waals surface area (Å²) < 4.78 is 10.4. The number of hydrogen-bond acceptors (Lipinski definition) is 6. The molecule has 3 heterocycles. The van der Waals surface area contributed by atoms with Gasteiger partial charge in [-0.3, -0.25) is 14.8 Å². The lowest BCUT2D eigenvalue weighted by Crippen LogP contribution is -2.29. The molecule has 2 aromatic heterocycles. The number of nitrogens with zero attached hydrogens (tertiary/aromatic N) is 4. The molecule has 7 heteroatoms. The quantitative estimate of drug-likeness (QED) is 0.661. The highest BCUT2D eigenvalue weighted by molar-refractivity contribution is 5.94. The van der Waals surface area contributed by atoms with Crippen LogP contribution in [0.25, 0.3) is 11.3 Å². The van der Waals surface area contributed by atoms with E-state index in [2.05, 4.69) is 15.1 Å². The number of amides is 1. The Balaban J connectivity index is 1.39. The number of aryl methyl sites for hydroxylation is 2. The number of likely N-dealkylation sites (tertiary alicyclic amines) is 1. The first-order valence-corrected chi connectivity index (χ1v) is 9.72. The number of methoxy groups -OCH3 is 1. The Labute approximate surface area is 169 Å². The predicted octanol–water partition coefficient (Wildman–Crippen LogP) is 3.46. The van der Waals surface area contributed by atoms with Crippen LogP contribution in [0.15, 0.2) is 41.2 Å². The molecule has 0 saturated carbocycles. The fraction of sp³-hybridized carbons (Fsp3) is 0.364. The molecule has 0 N–H and O–H groups in total. The van der Waals surface area contributed by atoms with Gasteiger partial charge in [0.05, 0.1) is 36.0 Å². The third kappa shape index (κ3) is 3.99. The van der Waals surface area contributed by atoms with E-state index in [1.165, 1.54) is 0 Å². The predicted molar refractivity (Wildman–Crippen MR) is 108 cm³/mol. The minimum atomic E-state index is 0.0474. The molecular formula is C22H24N4O3. The van der Waals surface area contributed by atoms with Crippen LogP contribution in [0.3, 0.4) is 0 Å². The van der Waals surface area contributed by atoms with Crippen molar-refractivity contribution >= 4 is 5.91 Å². The Bertz CT molecular complexity index is 994. The molecule has 1 aliphatic rings. The summed E-state index contributed by atoms with van der Waals surface area (Å²) >= 11 is 0. The van der Waals surface area contributed by atoms with Gasteiger partial charge >= 0.3 is 0 Å². The van der Waals surface area contributed by atoms with Crippen LogP contribution in [0.2, 0.25) is 0 Å². The molecule has 1 saturated heterocycles. The first-order chi connectivity index (χ1) is 14.0. The maximum absolute atomic E-state index is 12.8. The van der Waals surface area contributed by atoms with Crippen molar-refractivity contribution < 1.29 is 14.1 Å². The maximum atomic E-state index is 12.8. The number of carbonyl (C=O) groups excluding carboxylic acids is 1. The fourth-order valence-corrected chi connectivity index (χ4v) is 3.86. The van der Waals surface area contributed by atoms with E-state index in [1.54, 1.807) is 19.4 Å². The highest BCUT2D eigenvalue weighted by Gasteiger charge is 2.27. The average Bonchev–Trinajstić information content (AvgIpc) is 3.34. The van der Waals surface area contributed by atoms with E-state index < -0.39 is 0 Å². The molecule has 1 aliphatic heterocycles. The molecular weight excluding hydrogens is 368 g/mol. The zero-order valence-electron chi connectivity index (χ0n) is 16.9. The SMILES string of the molecule is COc1cccc(C(=O)N2CC[C@H](Cc3cnc(-c4c(C)noc4C)cn3)C2)c1. The molecule has 0 unspecified atom stereocenters. The number of hydrogen-bond donors (Lipinski definition) is 0. The van der Waals surface area contributed by atoms with Gasteiger partial charge in [-0.05, 0) is 50.8 Å². The molecule has 0 spiro atoms. The van der Waals surface area contributed by atoms with Crippen LogP contribution in [-0.4, -0.2) is 46.1 Å². The zero-order valence-corrected chi connectivity index (χ0v) is 16.9. The molecule has 0 bridgehead atoms. The average molecular weight is 392 g/mol. The Kier molecular flexibility index (Phi) is 5.29. The normalized spacial score (nSPS) is 16.2. The number of carbonyl (C=O) groups is 1. The standard InChI is InChI=1S/C22H24N4O3/c1-14-21(15(2)29-25-14)20-12-23-18(11-24-20)9-16-7-8-26(13-16)22(27)17-5-4-6-19(10-17)28-3/h4-6,10-12,16H,7-9,13H2,1-3H3/t16-/m1/s1. The van der Waals surface area contributed by atoms with Crippen molar-refractivity contribution in [2.24, 2.45) is 5.92 Å². The minimum Gasteiger partial charge on any atom is -0.497 e. The molecule has 0 aliphatic carbocycles. The summed E-state index contributed by atoms with van der Waals surface area (Å²) in [6, 6.07) is 7.30. The summed E-state index contributed by atoms with van der Waals surface area (Å²) in [6.07, 6.45) is 5.35. The Morgan fingerprint density at radius 3 is 2.83 bits per heavy atom. The number of rotatable bonds is 5. The van der Waals surface area contributed by atoms with Gasteiger partial charge in [0.15, 0.2) is 0 Å². The molecule has 7 nitrogen and oxygen atoms in total. The molecule has 1 atom stereocenters. The first kappa shape index (κ1) is 19.1. The first-order valence-electron chi connectivity index (χ1n) is 9.72. The van der Waals surface area contributed by atoms with E-state index in [0.29, 0.717) is 17.2 Å². The summed E-state index contributed by atoms with van der Waals surface area (Å²) in [6.45, 7) is 5.25. The second-order valence-corrected chi connectivity index (χ2v) is 7.43. The maximum Gasteiger partial charge on any atom is 0.253 e. The number of benzene rings is 1. The van der Waals surface area contributed by atoms with Crippen LogP contribution in [0.4, 0.5) is 0 Å². The van der Waals surface area contributed by atoms with Gasteiger partial charge in [0, 0.05) is 24.8 Å². The van der Waals surface area contributed by atoms with Gasteiger partial charge in [-0.2, -0.15) is 0 Å². The smallest absolute Gasteiger partial charge is 0.253 e. The second kappa shape index (κ2) is 8.03. The Morgan fingerprint density at radius 2 is 2.14 bits per heavy atom. The van der Waals surface area contributed by atoms with Gasteiger partial charge in [0.25, 0.3) is 5.91 Å². The van der Waals surface area contributed by atoms with Gasteiger partial charge in [-0.1, -0.05) is 11.2 Å². The largest absolute Gasteiger partial charge is 0.497 e. The van der Waals surface area contributed by atoms with Crippen molar-refractivity contribution in [2.45, 2.75) is 26.7 Å². The lowest BCUT2D eigenvalue weighted by atomic mass is 10.0. The van der Waals surface area contributed by atoms with Crippen molar-refractivity contribution in [3.8, 4) is 17.0 Å². The number of aromatic nitrogens is 3. The summed E-state index contributed by atoms with van der Waals surface area (Å²) in [7, 11) is 1.60. The van der Waals surface area contributed by atoms with E-state index in [9.17, 15) is 4.79 Å². The van der Waals surface area contributed by atoms with Crippen LogP contribution < -0.4 is 4.74 Å². The van der Waals surface area contributed by atoms with Crippen molar-refractivity contribution in [3.63, 3.8) is 0 Å². The third-order valence-electron chi connectivity index (χ3n) is 5.38. The van der Waals surface area contributed by atoms with Crippen molar-refractivity contribution in [1.29, 1.82) is 0 Å².